The summed E-state index contributed by atoms with van der Waals surface area (Å²) in [6.07, 6.45) is 0. The van der Waals surface area contributed by atoms with Crippen molar-refractivity contribution < 1.29 is 0 Å². The minimum Gasteiger partial charge on any atom is -0.0622 e. The molecule has 522 valence electrons. The van der Waals surface area contributed by atoms with Crippen LogP contribution in [-0.4, -0.2) is 44.9 Å². The van der Waals surface area contributed by atoms with Gasteiger partial charge in [0.15, 0.2) is 0 Å². The van der Waals surface area contributed by atoms with Gasteiger partial charge in [-0.05, 0) is 27.4 Å². The number of benzene rings is 15. The first-order valence-corrected chi connectivity index (χ1v) is 41.8. The first-order chi connectivity index (χ1) is 53.0. The summed E-state index contributed by atoms with van der Waals surface area (Å²) in [6.45, 7) is 21.2. The number of fused-ring (bicyclic) bond motifs is 18. The number of para-hydroxylation sites is 2. The summed E-state index contributed by atoms with van der Waals surface area (Å²) in [6, 6.07) is 122. The van der Waals surface area contributed by atoms with Crippen molar-refractivity contribution in [3.05, 3.63) is 332 Å². The summed E-state index contributed by atoms with van der Waals surface area (Å²) in [4.78, 5) is 5.52. The number of rotatable bonds is 8. The monoisotopic (exact) mass is 1530 g/mol. The molecule has 0 amide bonds. The standard InChI is InChI=1S/C102H79BN4Se2/c1-100(2,3)66-54-75(62-30-14-10-15-31-62)98(76(55-66)63-32-16-11-17-33-63)106-85-60-69(104-81-42-26-22-38-71(81)93-83(104)50-52-91-95(93)73-40-24-28-44-89(73)108-91)46-48-79(85)103-80-49-47-70(105-82-43-27-23-39-72(82)94-84(105)51-53-92-96(94)74-41-25-29-45-90(74)109-92)61-86(80)107(88-59-68(102(7,8)9)58-87(106)97(88)103)99-77(64-34-18-12-19-35-64)56-67(101(4,5)6)57-78(99)65-36-20-13-21-37-65/h10-61H,1-9H3. The predicted octanol–water partition coefficient (Wildman–Crippen LogP) is 25.3. The van der Waals surface area contributed by atoms with Crippen LogP contribution in [0.5, 0.6) is 0 Å². The molecule has 109 heavy (non-hydrogen) atoms. The Morgan fingerprint density at radius 3 is 0.936 bits per heavy atom. The van der Waals surface area contributed by atoms with Crippen molar-refractivity contribution in [1.82, 2.24) is 9.13 Å². The molecule has 0 unspecified atom stereocenters. The molecule has 4 nitrogen and oxygen atoms in total. The van der Waals surface area contributed by atoms with E-state index in [4.69, 9.17) is 0 Å². The van der Waals surface area contributed by atoms with Crippen LogP contribution in [-0.2, 0) is 16.2 Å². The Bertz CT molecular complexity index is 6450. The molecule has 0 saturated heterocycles. The van der Waals surface area contributed by atoms with Crippen molar-refractivity contribution in [2.24, 2.45) is 0 Å². The SMILES string of the molecule is CC(C)(C)c1cc(-c2ccccc2)c(N2c3cc(-n4c5ccccc5c5c6c(ccc54)[se]c4ccccc46)ccc3B3c4ccc(-n5c6ccccc6c6c7c(ccc65)[se]c5ccccc57)cc4N(c4c(-c5ccccc5)cc(C(C)(C)C)cc4-c4ccccc4)c4cc(C(C)(C)C)cc2c43)c(-c2ccccc2)c1. The average Bonchev–Trinajstić information content (AvgIpc) is 1.29. The molecule has 19 aromatic rings. The van der Waals surface area contributed by atoms with Crippen LogP contribution in [0.15, 0.2) is 315 Å². The molecule has 0 radical (unpaired) electrons. The molecule has 2 aliphatic rings. The summed E-state index contributed by atoms with van der Waals surface area (Å²) in [5.41, 5.74) is 30.2. The van der Waals surface area contributed by atoms with Crippen LogP contribution in [0.3, 0.4) is 0 Å². The van der Waals surface area contributed by atoms with Crippen LogP contribution in [0.4, 0.5) is 34.1 Å². The van der Waals surface area contributed by atoms with Crippen molar-refractivity contribution >= 4 is 168 Å². The molecule has 0 saturated carbocycles. The molecule has 7 heteroatoms. The van der Waals surface area contributed by atoms with Gasteiger partial charge in [-0.25, -0.2) is 0 Å². The quantitative estimate of drug-likeness (QED) is 0.141. The van der Waals surface area contributed by atoms with Crippen molar-refractivity contribution in [3.8, 4) is 55.9 Å². The van der Waals surface area contributed by atoms with E-state index in [-0.39, 0.29) is 52.0 Å². The molecule has 0 aliphatic carbocycles. The maximum absolute atomic E-state index is 2.76. The fourth-order valence-corrected chi connectivity index (χ4v) is 22.9. The topological polar surface area (TPSA) is 16.3 Å². The minimum atomic E-state index is -0.337. The van der Waals surface area contributed by atoms with E-state index in [9.17, 15) is 0 Å². The Hall–Kier alpha value is -11.4. The van der Waals surface area contributed by atoms with E-state index in [1.807, 2.05) is 0 Å². The van der Waals surface area contributed by atoms with Gasteiger partial charge in [-0.15, -0.1) is 0 Å². The third-order valence-corrected chi connectivity index (χ3v) is 28.3. The minimum absolute atomic E-state index is 0.197. The van der Waals surface area contributed by atoms with Gasteiger partial charge in [-0.2, -0.15) is 0 Å². The van der Waals surface area contributed by atoms with Gasteiger partial charge in [0.2, 0.25) is 0 Å². The van der Waals surface area contributed by atoms with Crippen molar-refractivity contribution in [2.45, 2.75) is 78.6 Å². The zero-order valence-electron chi connectivity index (χ0n) is 62.7. The Kier molecular flexibility index (Phi) is 14.8. The molecular formula is C102H79BN4Se2. The van der Waals surface area contributed by atoms with E-state index < -0.39 is 0 Å². The first-order valence-electron chi connectivity index (χ1n) is 38.3. The zero-order chi connectivity index (χ0) is 73.5. The Morgan fingerprint density at radius 2 is 0.578 bits per heavy atom. The number of hydrogen-bond acceptors (Lipinski definition) is 2. The third kappa shape index (κ3) is 10.2. The predicted molar refractivity (Wildman–Crippen MR) is 471 cm³/mol. The fraction of sp³-hybridized carbons (Fsp3) is 0.118. The van der Waals surface area contributed by atoms with Gasteiger partial charge in [-0.3, -0.25) is 0 Å². The van der Waals surface area contributed by atoms with Gasteiger partial charge < -0.3 is 0 Å². The Labute approximate surface area is 649 Å². The first kappa shape index (κ1) is 65.9. The maximum atomic E-state index is 2.76. The van der Waals surface area contributed by atoms with E-state index in [2.05, 4.69) is 397 Å². The van der Waals surface area contributed by atoms with E-state index >= 15 is 0 Å². The van der Waals surface area contributed by atoms with Gasteiger partial charge in [0.1, 0.15) is 0 Å². The number of nitrogens with zero attached hydrogens (tertiary/aromatic N) is 4. The van der Waals surface area contributed by atoms with E-state index in [1.165, 1.54) is 149 Å². The Balaban J connectivity index is 0.941. The summed E-state index contributed by atoms with van der Waals surface area (Å²) < 4.78 is 11.0. The molecule has 15 aromatic carbocycles. The number of anilines is 6. The summed E-state index contributed by atoms with van der Waals surface area (Å²) >= 11 is 0.407. The smallest absolute Gasteiger partial charge is 0.0622 e. The van der Waals surface area contributed by atoms with Gasteiger partial charge in [0.25, 0.3) is 0 Å². The van der Waals surface area contributed by atoms with Gasteiger partial charge in [0, 0.05) is 0 Å². The second kappa shape index (κ2) is 24.6. The van der Waals surface area contributed by atoms with Crippen molar-refractivity contribution in [2.75, 3.05) is 9.80 Å². The van der Waals surface area contributed by atoms with Crippen LogP contribution < -0.4 is 26.2 Å². The molecule has 2 aliphatic heterocycles. The summed E-state index contributed by atoms with van der Waals surface area (Å²) in [5.74, 6) is 0. The van der Waals surface area contributed by atoms with Crippen LogP contribution in [0.25, 0.3) is 138 Å². The van der Waals surface area contributed by atoms with Crippen LogP contribution in [0.1, 0.15) is 79.0 Å². The van der Waals surface area contributed by atoms with Crippen LogP contribution in [0, 0.1) is 0 Å². The third-order valence-electron chi connectivity index (χ3n) is 23.5. The van der Waals surface area contributed by atoms with Crippen LogP contribution >= 0.6 is 0 Å². The molecule has 4 aromatic heterocycles. The zero-order valence-corrected chi connectivity index (χ0v) is 66.1. The van der Waals surface area contributed by atoms with E-state index in [1.54, 1.807) is 0 Å². The van der Waals surface area contributed by atoms with Crippen LogP contribution in [0.2, 0.25) is 0 Å². The molecule has 0 N–H and O–H groups in total. The number of hydrogen-bond donors (Lipinski definition) is 0. The van der Waals surface area contributed by atoms with Crippen molar-refractivity contribution in [3.63, 3.8) is 0 Å². The second-order valence-electron chi connectivity index (χ2n) is 33.1. The second-order valence-corrected chi connectivity index (χ2v) is 37.7. The molecular weight excluding hydrogens is 1450 g/mol. The van der Waals surface area contributed by atoms with E-state index in [0.29, 0.717) is 0 Å². The molecule has 6 heterocycles. The van der Waals surface area contributed by atoms with Crippen molar-refractivity contribution in [1.29, 1.82) is 0 Å². The van der Waals surface area contributed by atoms with Gasteiger partial charge in [0.05, 0.1) is 0 Å². The molecule has 0 spiro atoms. The van der Waals surface area contributed by atoms with Gasteiger partial charge in [-0.1, -0.05) is 184 Å². The molecule has 0 bridgehead atoms. The normalized spacial score (nSPS) is 13.1. The summed E-state index contributed by atoms with van der Waals surface area (Å²) in [5, 5.41) is 10.7. The number of aromatic nitrogens is 2. The molecule has 0 fully saturated rings. The van der Waals surface area contributed by atoms with Gasteiger partial charge >= 0.3 is 443 Å². The molecule has 21 rings (SSSR count). The van der Waals surface area contributed by atoms with E-state index in [0.717, 1.165) is 56.4 Å². The summed E-state index contributed by atoms with van der Waals surface area (Å²) in [7, 11) is 0. The molecule has 0 atom stereocenters. The fourth-order valence-electron chi connectivity index (χ4n) is 18.2. The average molecular weight is 1530 g/mol. The Morgan fingerprint density at radius 1 is 0.257 bits per heavy atom.